The van der Waals surface area contributed by atoms with E-state index in [4.69, 9.17) is 4.74 Å². The highest BCUT2D eigenvalue weighted by atomic mass is 32.1. The fourth-order valence-electron chi connectivity index (χ4n) is 1.75. The zero-order chi connectivity index (χ0) is 14.7. The van der Waals surface area contributed by atoms with Crippen molar-refractivity contribution in [3.63, 3.8) is 0 Å². The molecule has 20 heavy (non-hydrogen) atoms. The van der Waals surface area contributed by atoms with E-state index in [9.17, 15) is 4.79 Å². The van der Waals surface area contributed by atoms with Gasteiger partial charge in [0.05, 0.1) is 17.3 Å². The van der Waals surface area contributed by atoms with Gasteiger partial charge in [0.15, 0.2) is 5.13 Å². The molecule has 1 aromatic heterocycles. The minimum absolute atomic E-state index is 0.0307. The predicted molar refractivity (Wildman–Crippen MR) is 82.5 cm³/mol. The van der Waals surface area contributed by atoms with Crippen LogP contribution >= 0.6 is 11.3 Å². The van der Waals surface area contributed by atoms with Crippen molar-refractivity contribution < 1.29 is 9.53 Å². The summed E-state index contributed by atoms with van der Waals surface area (Å²) in [5.74, 6) is 0.773. The summed E-state index contributed by atoms with van der Waals surface area (Å²) in [5, 5.41) is 6.73. The lowest BCUT2D eigenvalue weighted by Crippen LogP contribution is -2.40. The van der Waals surface area contributed by atoms with Gasteiger partial charge in [-0.3, -0.25) is 4.79 Å². The molecule has 0 saturated carbocycles. The minimum atomic E-state index is -0.320. The summed E-state index contributed by atoms with van der Waals surface area (Å²) in [7, 11) is 1.64. The van der Waals surface area contributed by atoms with Gasteiger partial charge in [0.2, 0.25) is 5.91 Å². The standard InChI is InChI=1S/C14H19N3O2S/c1-8(2)15-13(18)9(3)16-14-17-11-6-5-10(19-4)7-12(11)20-14/h5-9H,1-4H3,(H,15,18)(H,16,17). The Bertz CT molecular complexity index is 609. The maximum Gasteiger partial charge on any atom is 0.242 e. The molecule has 0 saturated heterocycles. The molecule has 1 unspecified atom stereocenters. The third-order valence-electron chi connectivity index (χ3n) is 2.76. The smallest absolute Gasteiger partial charge is 0.242 e. The number of ether oxygens (including phenoxy) is 1. The van der Waals surface area contributed by atoms with Crippen LogP contribution in [0.5, 0.6) is 5.75 Å². The van der Waals surface area contributed by atoms with Crippen molar-refractivity contribution in [2.75, 3.05) is 12.4 Å². The number of hydrogen-bond donors (Lipinski definition) is 2. The van der Waals surface area contributed by atoms with E-state index in [1.54, 1.807) is 7.11 Å². The van der Waals surface area contributed by atoms with Crippen molar-refractivity contribution in [1.82, 2.24) is 10.3 Å². The van der Waals surface area contributed by atoms with Crippen molar-refractivity contribution >= 4 is 32.6 Å². The fourth-order valence-corrected chi connectivity index (χ4v) is 2.74. The molecule has 0 radical (unpaired) electrons. The average Bonchev–Trinajstić information content (AvgIpc) is 2.78. The van der Waals surface area contributed by atoms with Gasteiger partial charge in [-0.2, -0.15) is 0 Å². The molecule has 0 spiro atoms. The second-order valence-electron chi connectivity index (χ2n) is 4.88. The number of benzene rings is 1. The zero-order valence-corrected chi connectivity index (χ0v) is 12.9. The monoisotopic (exact) mass is 293 g/mol. The molecular formula is C14H19N3O2S. The molecule has 6 heteroatoms. The second kappa shape index (κ2) is 6.09. The van der Waals surface area contributed by atoms with E-state index in [1.165, 1.54) is 11.3 Å². The Morgan fingerprint density at radius 2 is 2.10 bits per heavy atom. The summed E-state index contributed by atoms with van der Waals surface area (Å²) in [5.41, 5.74) is 0.898. The van der Waals surface area contributed by atoms with Crippen LogP contribution in [0.2, 0.25) is 0 Å². The highest BCUT2D eigenvalue weighted by Crippen LogP contribution is 2.29. The Morgan fingerprint density at radius 1 is 1.35 bits per heavy atom. The van der Waals surface area contributed by atoms with Crippen LogP contribution in [0.3, 0.4) is 0 Å². The van der Waals surface area contributed by atoms with Crippen LogP contribution in [-0.2, 0) is 4.79 Å². The summed E-state index contributed by atoms with van der Waals surface area (Å²) >= 11 is 1.51. The van der Waals surface area contributed by atoms with Gasteiger partial charge in [-0.15, -0.1) is 0 Å². The topological polar surface area (TPSA) is 63.2 Å². The third kappa shape index (κ3) is 3.39. The van der Waals surface area contributed by atoms with E-state index in [2.05, 4.69) is 15.6 Å². The highest BCUT2D eigenvalue weighted by Gasteiger charge is 2.15. The van der Waals surface area contributed by atoms with Crippen LogP contribution < -0.4 is 15.4 Å². The lowest BCUT2D eigenvalue weighted by molar-refractivity contribution is -0.122. The van der Waals surface area contributed by atoms with Gasteiger partial charge in [0.25, 0.3) is 0 Å². The molecular weight excluding hydrogens is 274 g/mol. The number of rotatable bonds is 5. The number of carbonyl (C=O) groups is 1. The van der Waals surface area contributed by atoms with E-state index in [0.29, 0.717) is 0 Å². The quantitative estimate of drug-likeness (QED) is 0.889. The molecule has 1 amide bonds. The molecule has 1 aromatic carbocycles. The summed E-state index contributed by atoms with van der Waals surface area (Å²) in [6.45, 7) is 5.70. The molecule has 0 bridgehead atoms. The van der Waals surface area contributed by atoms with Crippen LogP contribution in [0.15, 0.2) is 18.2 Å². The molecule has 0 aliphatic rings. The number of thiazole rings is 1. The van der Waals surface area contributed by atoms with Crippen LogP contribution in [0, 0.1) is 0 Å². The first kappa shape index (κ1) is 14.6. The van der Waals surface area contributed by atoms with Crippen molar-refractivity contribution in [3.05, 3.63) is 18.2 Å². The van der Waals surface area contributed by atoms with Gasteiger partial charge in [0.1, 0.15) is 11.8 Å². The van der Waals surface area contributed by atoms with Crippen LogP contribution in [0.1, 0.15) is 20.8 Å². The molecule has 2 aromatic rings. The van der Waals surface area contributed by atoms with E-state index in [-0.39, 0.29) is 18.0 Å². The van der Waals surface area contributed by atoms with E-state index >= 15 is 0 Å². The lowest BCUT2D eigenvalue weighted by atomic mass is 10.3. The maximum atomic E-state index is 11.9. The molecule has 108 valence electrons. The predicted octanol–water partition coefficient (Wildman–Crippen LogP) is 2.63. The molecule has 1 atom stereocenters. The number of fused-ring (bicyclic) bond motifs is 1. The summed E-state index contributed by atoms with van der Waals surface area (Å²) in [6.07, 6.45) is 0. The Labute approximate surface area is 122 Å². The van der Waals surface area contributed by atoms with Crippen LogP contribution in [0.4, 0.5) is 5.13 Å². The van der Waals surface area contributed by atoms with Gasteiger partial charge in [-0.05, 0) is 39.0 Å². The van der Waals surface area contributed by atoms with Crippen molar-refractivity contribution in [1.29, 1.82) is 0 Å². The van der Waals surface area contributed by atoms with Gasteiger partial charge in [0, 0.05) is 6.04 Å². The molecule has 0 aliphatic heterocycles. The molecule has 0 fully saturated rings. The van der Waals surface area contributed by atoms with Gasteiger partial charge in [-0.25, -0.2) is 4.98 Å². The summed E-state index contributed by atoms with van der Waals surface area (Å²) < 4.78 is 6.22. The summed E-state index contributed by atoms with van der Waals surface area (Å²) in [6, 6.07) is 5.54. The molecule has 5 nitrogen and oxygen atoms in total. The second-order valence-corrected chi connectivity index (χ2v) is 5.91. The number of nitrogens with one attached hydrogen (secondary N) is 2. The summed E-state index contributed by atoms with van der Waals surface area (Å²) in [4.78, 5) is 16.3. The first-order chi connectivity index (χ1) is 9.49. The van der Waals surface area contributed by atoms with E-state index < -0.39 is 0 Å². The Kier molecular flexibility index (Phi) is 4.44. The number of amides is 1. The Balaban J connectivity index is 2.11. The van der Waals surface area contributed by atoms with Gasteiger partial charge < -0.3 is 15.4 Å². The number of nitrogens with zero attached hydrogens (tertiary/aromatic N) is 1. The minimum Gasteiger partial charge on any atom is -0.497 e. The van der Waals surface area contributed by atoms with Crippen LogP contribution in [0.25, 0.3) is 10.2 Å². The van der Waals surface area contributed by atoms with Crippen molar-refractivity contribution in [3.8, 4) is 5.75 Å². The first-order valence-electron chi connectivity index (χ1n) is 6.51. The molecule has 2 rings (SSSR count). The molecule has 0 aliphatic carbocycles. The van der Waals surface area contributed by atoms with E-state index in [0.717, 1.165) is 21.1 Å². The number of carbonyl (C=O) groups excluding carboxylic acids is 1. The normalized spacial score (nSPS) is 12.4. The SMILES string of the molecule is COc1ccc2nc(NC(C)C(=O)NC(C)C)sc2c1. The number of aromatic nitrogens is 1. The maximum absolute atomic E-state index is 11.9. The number of anilines is 1. The highest BCUT2D eigenvalue weighted by molar-refractivity contribution is 7.22. The largest absolute Gasteiger partial charge is 0.497 e. The molecule has 2 N–H and O–H groups in total. The lowest BCUT2D eigenvalue weighted by Gasteiger charge is -2.15. The third-order valence-corrected chi connectivity index (χ3v) is 3.71. The number of methoxy groups -OCH3 is 1. The van der Waals surface area contributed by atoms with Crippen molar-refractivity contribution in [2.24, 2.45) is 0 Å². The van der Waals surface area contributed by atoms with Crippen LogP contribution in [-0.4, -0.2) is 30.1 Å². The Hall–Kier alpha value is -1.82. The number of hydrogen-bond acceptors (Lipinski definition) is 5. The van der Waals surface area contributed by atoms with Gasteiger partial charge >= 0.3 is 0 Å². The fraction of sp³-hybridized carbons (Fsp3) is 0.429. The van der Waals surface area contributed by atoms with Gasteiger partial charge in [-0.1, -0.05) is 11.3 Å². The Morgan fingerprint density at radius 3 is 2.75 bits per heavy atom. The van der Waals surface area contributed by atoms with Crippen molar-refractivity contribution in [2.45, 2.75) is 32.9 Å². The average molecular weight is 293 g/mol. The van der Waals surface area contributed by atoms with E-state index in [1.807, 2.05) is 39.0 Å². The first-order valence-corrected chi connectivity index (χ1v) is 7.32. The zero-order valence-electron chi connectivity index (χ0n) is 12.1. The molecule has 1 heterocycles.